The van der Waals surface area contributed by atoms with E-state index in [1.807, 2.05) is 0 Å². The van der Waals surface area contributed by atoms with Gasteiger partial charge in [-0.25, -0.2) is 9.59 Å². The van der Waals surface area contributed by atoms with Gasteiger partial charge in [-0.1, -0.05) is 23.8 Å². The molecule has 0 heterocycles. The van der Waals surface area contributed by atoms with Crippen LogP contribution in [0.2, 0.25) is 0 Å². The van der Waals surface area contributed by atoms with Crippen LogP contribution in [0.4, 0.5) is 10.5 Å². The molecule has 1 amide bonds. The predicted molar refractivity (Wildman–Crippen MR) is 102 cm³/mol. The lowest BCUT2D eigenvalue weighted by atomic mass is 10.1. The maximum absolute atomic E-state index is 12.6. The van der Waals surface area contributed by atoms with E-state index in [1.54, 1.807) is 39.8 Å². The van der Waals surface area contributed by atoms with Gasteiger partial charge in [-0.3, -0.25) is 5.32 Å². The van der Waals surface area contributed by atoms with E-state index in [0.717, 1.165) is 5.56 Å². The third kappa shape index (κ3) is 5.46. The average molecular weight is 407 g/mol. The molecule has 150 valence electrons. The van der Waals surface area contributed by atoms with Crippen molar-refractivity contribution in [2.75, 3.05) is 5.32 Å². The van der Waals surface area contributed by atoms with Gasteiger partial charge in [-0.2, -0.15) is 8.42 Å². The van der Waals surface area contributed by atoms with Crippen LogP contribution in [0.25, 0.3) is 0 Å². The van der Waals surface area contributed by atoms with Crippen LogP contribution < -0.4 is 9.50 Å². The van der Waals surface area contributed by atoms with Crippen molar-refractivity contribution in [3.05, 3.63) is 53.6 Å². The number of aryl methyl sites for hydroxylation is 1. The van der Waals surface area contributed by atoms with Crippen molar-refractivity contribution in [2.24, 2.45) is 0 Å². The summed E-state index contributed by atoms with van der Waals surface area (Å²) >= 11 is 0. The minimum atomic E-state index is -4.33. The number of aromatic carboxylic acids is 1. The Hall–Kier alpha value is -3.07. The highest BCUT2D eigenvalue weighted by atomic mass is 32.2. The van der Waals surface area contributed by atoms with Gasteiger partial charge in [-0.05, 0) is 52.0 Å². The highest BCUT2D eigenvalue weighted by molar-refractivity contribution is 7.87. The molecule has 2 aromatic carbocycles. The molecule has 0 atom stereocenters. The topological polar surface area (TPSA) is 119 Å². The van der Waals surface area contributed by atoms with Crippen LogP contribution in [-0.4, -0.2) is 31.2 Å². The molecular weight excluding hydrogens is 386 g/mol. The summed E-state index contributed by atoms with van der Waals surface area (Å²) in [6.07, 6.45) is -0.882. The van der Waals surface area contributed by atoms with Crippen LogP contribution in [0.5, 0.6) is 5.75 Å². The first-order valence-electron chi connectivity index (χ1n) is 8.26. The van der Waals surface area contributed by atoms with E-state index in [2.05, 4.69) is 5.32 Å². The van der Waals surface area contributed by atoms with Gasteiger partial charge < -0.3 is 14.0 Å². The van der Waals surface area contributed by atoms with Gasteiger partial charge in [0.05, 0.1) is 5.69 Å². The molecule has 0 radical (unpaired) electrons. The summed E-state index contributed by atoms with van der Waals surface area (Å²) < 4.78 is 35.4. The van der Waals surface area contributed by atoms with Gasteiger partial charge in [-0.15, -0.1) is 0 Å². The zero-order valence-electron chi connectivity index (χ0n) is 15.8. The fourth-order valence-electron chi connectivity index (χ4n) is 2.17. The second-order valence-electron chi connectivity index (χ2n) is 6.96. The number of carbonyl (C=O) groups excluding carboxylic acids is 1. The molecule has 28 heavy (non-hydrogen) atoms. The van der Waals surface area contributed by atoms with Crippen molar-refractivity contribution >= 4 is 27.9 Å². The Bertz CT molecular complexity index is 990. The Labute approximate surface area is 163 Å². The van der Waals surface area contributed by atoms with Crippen LogP contribution in [0.3, 0.4) is 0 Å². The number of hydrogen-bond donors (Lipinski definition) is 2. The Balaban J connectivity index is 2.44. The zero-order chi connectivity index (χ0) is 21.1. The summed E-state index contributed by atoms with van der Waals surface area (Å²) in [5, 5.41) is 11.7. The van der Waals surface area contributed by atoms with Crippen molar-refractivity contribution in [2.45, 2.75) is 38.2 Å². The van der Waals surface area contributed by atoms with E-state index in [0.29, 0.717) is 0 Å². The molecule has 8 nitrogen and oxygen atoms in total. The van der Waals surface area contributed by atoms with E-state index in [1.165, 1.54) is 30.3 Å². The van der Waals surface area contributed by atoms with Gasteiger partial charge in [0.15, 0.2) is 5.75 Å². The summed E-state index contributed by atoms with van der Waals surface area (Å²) in [6.45, 7) is 6.75. The average Bonchev–Trinajstić information content (AvgIpc) is 2.54. The third-order valence-corrected chi connectivity index (χ3v) is 4.62. The normalized spacial score (nSPS) is 11.6. The molecule has 9 heteroatoms. The van der Waals surface area contributed by atoms with E-state index in [9.17, 15) is 23.1 Å². The third-order valence-electron chi connectivity index (χ3n) is 3.38. The minimum Gasteiger partial charge on any atom is -0.478 e. The van der Waals surface area contributed by atoms with Crippen LogP contribution in [0.15, 0.2) is 47.4 Å². The number of rotatable bonds is 5. The number of carboxylic acids is 1. The van der Waals surface area contributed by atoms with Crippen LogP contribution in [0.1, 0.15) is 36.7 Å². The molecule has 0 bridgehead atoms. The van der Waals surface area contributed by atoms with Crippen molar-refractivity contribution in [1.82, 2.24) is 0 Å². The molecule has 2 rings (SSSR count). The molecule has 0 saturated heterocycles. The fraction of sp³-hybridized carbons (Fsp3) is 0.263. The van der Waals surface area contributed by atoms with E-state index in [-0.39, 0.29) is 10.6 Å². The van der Waals surface area contributed by atoms with Crippen molar-refractivity contribution < 1.29 is 32.0 Å². The molecule has 0 unspecified atom stereocenters. The molecule has 2 N–H and O–H groups in total. The SMILES string of the molecule is Cc1ccc(S(=O)(=O)Oc2c(NC(=O)OC(C)(C)C)cccc2C(=O)O)cc1. The largest absolute Gasteiger partial charge is 0.478 e. The molecule has 0 saturated carbocycles. The second-order valence-corrected chi connectivity index (χ2v) is 8.51. The molecule has 0 aromatic heterocycles. The molecule has 0 fully saturated rings. The standard InChI is InChI=1S/C19H21NO7S/c1-12-8-10-13(11-9-12)28(24,25)27-16-14(17(21)22)6-5-7-15(16)20-18(23)26-19(2,3)4/h5-11H,1-4H3,(H,20,23)(H,21,22). The van der Waals surface area contributed by atoms with Gasteiger partial charge >= 0.3 is 22.2 Å². The number of carboxylic acid groups (broad SMARTS) is 1. The summed E-state index contributed by atoms with van der Waals surface area (Å²) in [4.78, 5) is 23.4. The highest BCUT2D eigenvalue weighted by Gasteiger charge is 2.25. The number of hydrogen-bond acceptors (Lipinski definition) is 6. The van der Waals surface area contributed by atoms with Crippen molar-refractivity contribution in [1.29, 1.82) is 0 Å². The fourth-order valence-corrected chi connectivity index (χ4v) is 3.13. The number of para-hydroxylation sites is 1. The van der Waals surface area contributed by atoms with Gasteiger partial charge in [0, 0.05) is 0 Å². The number of nitrogens with one attached hydrogen (secondary N) is 1. The molecule has 0 aliphatic rings. The number of ether oxygens (including phenoxy) is 1. The first-order chi connectivity index (χ1) is 12.9. The predicted octanol–water partition coefficient (Wildman–Crippen LogP) is 3.81. The zero-order valence-corrected chi connectivity index (χ0v) is 16.7. The molecule has 0 aliphatic carbocycles. The Morgan fingerprint density at radius 2 is 1.64 bits per heavy atom. The second kappa shape index (κ2) is 7.89. The number of benzene rings is 2. The number of anilines is 1. The van der Waals surface area contributed by atoms with Gasteiger partial charge in [0.2, 0.25) is 0 Å². The lowest BCUT2D eigenvalue weighted by Gasteiger charge is -2.20. The maximum Gasteiger partial charge on any atom is 0.412 e. The Morgan fingerprint density at radius 3 is 2.18 bits per heavy atom. The number of amides is 1. The van der Waals surface area contributed by atoms with E-state index >= 15 is 0 Å². The first-order valence-corrected chi connectivity index (χ1v) is 9.67. The molecule has 2 aromatic rings. The summed E-state index contributed by atoms with van der Waals surface area (Å²) in [5.41, 5.74) is -0.532. The molecule has 0 aliphatic heterocycles. The number of carbonyl (C=O) groups is 2. The van der Waals surface area contributed by atoms with Crippen LogP contribution in [-0.2, 0) is 14.9 Å². The quantitative estimate of drug-likeness (QED) is 0.723. The lowest BCUT2D eigenvalue weighted by molar-refractivity contribution is 0.0632. The minimum absolute atomic E-state index is 0.148. The van der Waals surface area contributed by atoms with E-state index in [4.69, 9.17) is 8.92 Å². The molecule has 0 spiro atoms. The van der Waals surface area contributed by atoms with Gasteiger partial charge in [0.25, 0.3) is 0 Å². The van der Waals surface area contributed by atoms with Crippen molar-refractivity contribution in [3.8, 4) is 5.75 Å². The summed E-state index contributed by atoms with van der Waals surface area (Å²) in [6, 6.07) is 9.68. The monoisotopic (exact) mass is 407 g/mol. The van der Waals surface area contributed by atoms with Gasteiger partial charge in [0.1, 0.15) is 16.1 Å². The Kier molecular flexibility index (Phi) is 5.98. The maximum atomic E-state index is 12.6. The lowest BCUT2D eigenvalue weighted by Crippen LogP contribution is -2.27. The smallest absolute Gasteiger partial charge is 0.412 e. The summed E-state index contributed by atoms with van der Waals surface area (Å²) in [5.74, 6) is -1.93. The highest BCUT2D eigenvalue weighted by Crippen LogP contribution is 2.32. The Morgan fingerprint density at radius 1 is 1.04 bits per heavy atom. The first kappa shape index (κ1) is 21.2. The molecular formula is C19H21NO7S. The van der Waals surface area contributed by atoms with E-state index < -0.39 is 39.1 Å². The van der Waals surface area contributed by atoms with Crippen LogP contribution >= 0.6 is 0 Å². The van der Waals surface area contributed by atoms with Crippen LogP contribution in [0, 0.1) is 6.92 Å². The van der Waals surface area contributed by atoms with Crippen molar-refractivity contribution in [3.63, 3.8) is 0 Å². The summed E-state index contributed by atoms with van der Waals surface area (Å²) in [7, 11) is -4.33.